The number of carbonyl (C=O) groups excluding carboxylic acids is 3. The van der Waals surface area contributed by atoms with Gasteiger partial charge in [0.15, 0.2) is 6.61 Å². The van der Waals surface area contributed by atoms with E-state index >= 15 is 0 Å². The van der Waals surface area contributed by atoms with E-state index in [0.29, 0.717) is 35.2 Å². The molecule has 0 aromatic heterocycles. The molecule has 9 heteroatoms. The molecule has 0 unspecified atom stereocenters. The number of ether oxygens (including phenoxy) is 2. The number of rotatable bonds is 12. The SMILES string of the molecule is CCOc1ccccc1NC(=O)COC(=O)CCCC(=O)Nc1ccc(Sc2ccc(Cl)cc2)cc1. The van der Waals surface area contributed by atoms with Crippen LogP contribution in [0.2, 0.25) is 5.02 Å². The standard InChI is InChI=1S/C27H27ClN2O5S/c1-2-34-24-7-4-3-6-23(24)30-26(32)18-35-27(33)9-5-8-25(31)29-20-12-16-22(17-13-20)36-21-14-10-19(28)11-15-21/h3-4,6-7,10-17H,2,5,8-9,18H2,1H3,(H,29,31)(H,30,32). The average Bonchev–Trinajstić information content (AvgIpc) is 2.87. The van der Waals surface area contributed by atoms with Crippen molar-refractivity contribution in [1.82, 2.24) is 0 Å². The average molecular weight is 527 g/mol. The smallest absolute Gasteiger partial charge is 0.306 e. The van der Waals surface area contributed by atoms with Gasteiger partial charge in [-0.25, -0.2) is 0 Å². The number of nitrogens with one attached hydrogen (secondary N) is 2. The van der Waals surface area contributed by atoms with Crippen molar-refractivity contribution in [3.8, 4) is 5.75 Å². The summed E-state index contributed by atoms with van der Waals surface area (Å²) < 4.78 is 10.5. The molecule has 0 saturated carbocycles. The second-order valence-corrected chi connectivity index (χ2v) is 9.20. The molecule has 3 aromatic rings. The molecular weight excluding hydrogens is 500 g/mol. The Morgan fingerprint density at radius 1 is 0.833 bits per heavy atom. The van der Waals surface area contributed by atoms with E-state index in [0.717, 1.165) is 9.79 Å². The Morgan fingerprint density at radius 3 is 2.19 bits per heavy atom. The fourth-order valence-electron chi connectivity index (χ4n) is 3.12. The zero-order chi connectivity index (χ0) is 25.8. The van der Waals surface area contributed by atoms with Crippen LogP contribution in [0.25, 0.3) is 0 Å². The van der Waals surface area contributed by atoms with Crippen LogP contribution in [0.1, 0.15) is 26.2 Å². The highest BCUT2D eigenvalue weighted by Gasteiger charge is 2.11. The zero-order valence-electron chi connectivity index (χ0n) is 19.8. The van der Waals surface area contributed by atoms with Crippen LogP contribution in [0, 0.1) is 0 Å². The predicted octanol–water partition coefficient (Wildman–Crippen LogP) is 6.18. The Kier molecular flexibility index (Phi) is 10.7. The van der Waals surface area contributed by atoms with Gasteiger partial charge in [-0.2, -0.15) is 0 Å². The van der Waals surface area contributed by atoms with E-state index < -0.39 is 18.5 Å². The lowest BCUT2D eigenvalue weighted by Crippen LogP contribution is -2.21. The summed E-state index contributed by atoms with van der Waals surface area (Å²) >= 11 is 7.50. The van der Waals surface area contributed by atoms with Gasteiger partial charge in [0, 0.05) is 33.3 Å². The van der Waals surface area contributed by atoms with Gasteiger partial charge in [0.25, 0.3) is 5.91 Å². The van der Waals surface area contributed by atoms with Crippen molar-refractivity contribution in [3.05, 3.63) is 77.8 Å². The highest BCUT2D eigenvalue weighted by atomic mass is 35.5. The molecule has 36 heavy (non-hydrogen) atoms. The Morgan fingerprint density at radius 2 is 1.50 bits per heavy atom. The number of hydrogen-bond donors (Lipinski definition) is 2. The maximum atomic E-state index is 12.2. The van der Waals surface area contributed by atoms with Crippen LogP contribution >= 0.6 is 23.4 Å². The lowest BCUT2D eigenvalue weighted by Gasteiger charge is -2.11. The summed E-state index contributed by atoms with van der Waals surface area (Å²) in [5.41, 5.74) is 1.18. The summed E-state index contributed by atoms with van der Waals surface area (Å²) in [5, 5.41) is 6.16. The van der Waals surface area contributed by atoms with Gasteiger partial charge in [-0.3, -0.25) is 14.4 Å². The second-order valence-electron chi connectivity index (χ2n) is 7.62. The highest BCUT2D eigenvalue weighted by molar-refractivity contribution is 7.99. The summed E-state index contributed by atoms with van der Waals surface area (Å²) in [4.78, 5) is 38.3. The van der Waals surface area contributed by atoms with Crippen molar-refractivity contribution in [2.24, 2.45) is 0 Å². The normalized spacial score (nSPS) is 10.4. The number of hydrogen-bond acceptors (Lipinski definition) is 6. The third-order valence-electron chi connectivity index (χ3n) is 4.80. The van der Waals surface area contributed by atoms with E-state index in [1.165, 1.54) is 0 Å². The molecule has 0 bridgehead atoms. The first-order chi connectivity index (χ1) is 17.4. The van der Waals surface area contributed by atoms with Gasteiger partial charge < -0.3 is 20.1 Å². The van der Waals surface area contributed by atoms with Crippen LogP contribution in [0.5, 0.6) is 5.75 Å². The molecule has 188 valence electrons. The van der Waals surface area contributed by atoms with Crippen LogP contribution in [-0.4, -0.2) is 31.0 Å². The fraction of sp³-hybridized carbons (Fsp3) is 0.222. The van der Waals surface area contributed by atoms with Crippen molar-refractivity contribution in [3.63, 3.8) is 0 Å². The van der Waals surface area contributed by atoms with Gasteiger partial charge in [0.2, 0.25) is 5.91 Å². The van der Waals surface area contributed by atoms with E-state index in [1.54, 1.807) is 36.0 Å². The fourth-order valence-corrected chi connectivity index (χ4v) is 4.06. The number of amides is 2. The molecule has 0 heterocycles. The maximum absolute atomic E-state index is 12.2. The van der Waals surface area contributed by atoms with E-state index in [1.807, 2.05) is 55.5 Å². The molecule has 0 aliphatic rings. The summed E-state index contributed by atoms with van der Waals surface area (Å²) in [6.07, 6.45) is 0.501. The van der Waals surface area contributed by atoms with Crippen LogP contribution in [0.4, 0.5) is 11.4 Å². The Labute approximate surface area is 219 Å². The zero-order valence-corrected chi connectivity index (χ0v) is 21.4. The third kappa shape index (κ3) is 9.28. The molecule has 0 atom stereocenters. The number of esters is 1. The van der Waals surface area contributed by atoms with Crippen LogP contribution in [0.15, 0.2) is 82.6 Å². The van der Waals surface area contributed by atoms with Crippen molar-refractivity contribution < 1.29 is 23.9 Å². The lowest BCUT2D eigenvalue weighted by atomic mass is 10.2. The summed E-state index contributed by atoms with van der Waals surface area (Å²) in [6, 6.07) is 22.1. The van der Waals surface area contributed by atoms with E-state index in [-0.39, 0.29) is 18.7 Å². The first-order valence-corrected chi connectivity index (χ1v) is 12.6. The lowest BCUT2D eigenvalue weighted by molar-refractivity contribution is -0.147. The maximum Gasteiger partial charge on any atom is 0.306 e. The van der Waals surface area contributed by atoms with Gasteiger partial charge in [-0.1, -0.05) is 35.5 Å². The van der Waals surface area contributed by atoms with E-state index in [2.05, 4.69) is 10.6 Å². The highest BCUT2D eigenvalue weighted by Crippen LogP contribution is 2.29. The molecule has 0 spiro atoms. The van der Waals surface area contributed by atoms with Gasteiger partial charge >= 0.3 is 5.97 Å². The van der Waals surface area contributed by atoms with Gasteiger partial charge in [0.1, 0.15) is 5.75 Å². The molecule has 2 N–H and O–H groups in total. The molecule has 0 radical (unpaired) electrons. The van der Waals surface area contributed by atoms with Gasteiger partial charge in [-0.15, -0.1) is 0 Å². The minimum Gasteiger partial charge on any atom is -0.492 e. The van der Waals surface area contributed by atoms with Crippen molar-refractivity contribution >= 4 is 52.5 Å². The van der Waals surface area contributed by atoms with Crippen LogP contribution < -0.4 is 15.4 Å². The molecule has 0 aliphatic heterocycles. The molecule has 0 aliphatic carbocycles. The molecule has 7 nitrogen and oxygen atoms in total. The molecule has 0 fully saturated rings. The summed E-state index contributed by atoms with van der Waals surface area (Å²) in [6.45, 7) is 1.90. The van der Waals surface area contributed by atoms with Gasteiger partial charge in [0.05, 0.1) is 12.3 Å². The third-order valence-corrected chi connectivity index (χ3v) is 6.07. The first-order valence-electron chi connectivity index (χ1n) is 11.4. The minimum atomic E-state index is -0.542. The monoisotopic (exact) mass is 526 g/mol. The van der Waals surface area contributed by atoms with E-state index in [4.69, 9.17) is 21.1 Å². The molecule has 3 rings (SSSR count). The summed E-state index contributed by atoms with van der Waals surface area (Å²) in [7, 11) is 0. The van der Waals surface area contributed by atoms with E-state index in [9.17, 15) is 14.4 Å². The predicted molar refractivity (Wildman–Crippen MR) is 142 cm³/mol. The molecule has 0 saturated heterocycles. The van der Waals surface area contributed by atoms with Crippen molar-refractivity contribution in [2.45, 2.75) is 36.0 Å². The number of carbonyl (C=O) groups is 3. The molecular formula is C27H27ClN2O5S. The van der Waals surface area contributed by atoms with Crippen LogP contribution in [0.3, 0.4) is 0 Å². The van der Waals surface area contributed by atoms with Crippen LogP contribution in [-0.2, 0) is 19.1 Å². The number of para-hydroxylation sites is 2. The quantitative estimate of drug-likeness (QED) is 0.274. The number of anilines is 2. The Balaban J connectivity index is 1.33. The topological polar surface area (TPSA) is 93.7 Å². The molecule has 3 aromatic carbocycles. The van der Waals surface area contributed by atoms with Crippen molar-refractivity contribution in [2.75, 3.05) is 23.8 Å². The summed E-state index contributed by atoms with van der Waals surface area (Å²) in [5.74, 6) is -0.669. The number of benzene rings is 3. The van der Waals surface area contributed by atoms with Gasteiger partial charge in [-0.05, 0) is 74.0 Å². The Bertz CT molecular complexity index is 1170. The van der Waals surface area contributed by atoms with Crippen molar-refractivity contribution in [1.29, 1.82) is 0 Å². The Hall–Kier alpha value is -3.49. The largest absolute Gasteiger partial charge is 0.492 e. The molecule has 2 amide bonds. The minimum absolute atomic E-state index is 0.0346. The second kappa shape index (κ2) is 14.2. The first kappa shape index (κ1) is 27.1. The number of halogens is 1.